The molecule has 0 aliphatic carbocycles. The summed E-state index contributed by atoms with van der Waals surface area (Å²) in [6, 6.07) is 10.0. The van der Waals surface area contributed by atoms with Crippen molar-refractivity contribution in [2.75, 3.05) is 44.2 Å². The van der Waals surface area contributed by atoms with Crippen LogP contribution < -0.4 is 10.2 Å². The maximum atomic E-state index is 13.5. The summed E-state index contributed by atoms with van der Waals surface area (Å²) in [5.41, 5.74) is 5.66. The van der Waals surface area contributed by atoms with Crippen LogP contribution in [0.15, 0.2) is 30.3 Å². The maximum Gasteiger partial charge on any atom is 0.258 e. The van der Waals surface area contributed by atoms with Crippen molar-refractivity contribution in [2.24, 2.45) is 0 Å². The van der Waals surface area contributed by atoms with E-state index in [1.165, 1.54) is 36.1 Å². The van der Waals surface area contributed by atoms with E-state index >= 15 is 0 Å². The minimum Gasteiger partial charge on any atom is -0.507 e. The van der Waals surface area contributed by atoms with Gasteiger partial charge < -0.3 is 20.2 Å². The Morgan fingerprint density at radius 2 is 1.76 bits per heavy atom. The van der Waals surface area contributed by atoms with Gasteiger partial charge >= 0.3 is 0 Å². The Balaban J connectivity index is 1.22. The molecular weight excluding hydrogens is 428 g/mol. The van der Waals surface area contributed by atoms with Crippen LogP contribution >= 0.6 is 0 Å². The number of carbonyl (C=O) groups excluding carboxylic acids is 1. The largest absolute Gasteiger partial charge is 0.507 e. The summed E-state index contributed by atoms with van der Waals surface area (Å²) in [6.07, 6.45) is 3.73. The summed E-state index contributed by atoms with van der Waals surface area (Å²) in [7, 11) is 0. The zero-order valence-electron chi connectivity index (χ0n) is 19.5. The molecule has 1 amide bonds. The Kier molecular flexibility index (Phi) is 5.63. The molecule has 0 atom stereocenters. The molecule has 1 aromatic heterocycles. The average molecular weight is 461 g/mol. The number of phenols is 1. The number of carbonyl (C=O) groups is 1. The van der Waals surface area contributed by atoms with Gasteiger partial charge in [-0.1, -0.05) is 12.5 Å². The number of hydrogen-bond acceptors (Lipinski definition) is 6. The van der Waals surface area contributed by atoms with E-state index in [4.69, 9.17) is 0 Å². The van der Waals surface area contributed by atoms with Gasteiger partial charge in [-0.25, -0.2) is 0 Å². The molecule has 3 N–H and O–H groups in total. The molecule has 0 radical (unpaired) electrons. The number of aromatic amines is 1. The molecule has 0 spiro atoms. The van der Waals surface area contributed by atoms with Gasteiger partial charge in [0.2, 0.25) is 0 Å². The third-order valence-electron chi connectivity index (χ3n) is 7.49. The van der Waals surface area contributed by atoms with Crippen molar-refractivity contribution in [3.8, 4) is 5.75 Å². The van der Waals surface area contributed by atoms with Crippen LogP contribution in [-0.2, 0) is 19.6 Å². The fraction of sp³-hybridized carbons (Fsp3) is 0.462. The van der Waals surface area contributed by atoms with E-state index in [1.807, 2.05) is 11.0 Å². The molecule has 2 saturated heterocycles. The Bertz CT molecular complexity index is 1210. The van der Waals surface area contributed by atoms with Crippen LogP contribution in [-0.4, -0.2) is 70.3 Å². The van der Waals surface area contributed by atoms with E-state index in [1.54, 1.807) is 6.07 Å². The van der Waals surface area contributed by atoms with Crippen LogP contribution in [0.1, 0.15) is 46.4 Å². The van der Waals surface area contributed by atoms with Crippen molar-refractivity contribution in [2.45, 2.75) is 38.9 Å². The predicted octanol–water partition coefficient (Wildman–Crippen LogP) is 2.82. The van der Waals surface area contributed by atoms with Gasteiger partial charge in [-0.2, -0.15) is 5.10 Å². The van der Waals surface area contributed by atoms with Crippen LogP contribution in [0.2, 0.25) is 0 Å². The van der Waals surface area contributed by atoms with E-state index in [0.29, 0.717) is 18.7 Å². The molecule has 0 saturated carbocycles. The fourth-order valence-electron chi connectivity index (χ4n) is 5.54. The lowest BCUT2D eigenvalue weighted by molar-refractivity contribution is 0.0748. The van der Waals surface area contributed by atoms with Gasteiger partial charge in [-0.15, -0.1) is 0 Å². The van der Waals surface area contributed by atoms with Crippen molar-refractivity contribution in [1.82, 2.24) is 25.3 Å². The van der Waals surface area contributed by atoms with E-state index in [0.717, 1.165) is 62.4 Å². The number of piperidine rings is 1. The number of amides is 1. The highest BCUT2D eigenvalue weighted by molar-refractivity contribution is 6.01. The number of fused-ring (bicyclic) bond motifs is 2. The van der Waals surface area contributed by atoms with E-state index < -0.39 is 0 Å². The molecule has 3 aliphatic heterocycles. The van der Waals surface area contributed by atoms with Gasteiger partial charge in [-0.05, 0) is 55.3 Å². The fourth-order valence-corrected chi connectivity index (χ4v) is 5.54. The molecule has 3 aliphatic rings. The second kappa shape index (κ2) is 8.92. The Morgan fingerprint density at radius 3 is 2.59 bits per heavy atom. The average Bonchev–Trinajstić information content (AvgIpc) is 3.47. The molecule has 8 heteroatoms. The lowest BCUT2D eigenvalue weighted by Gasteiger charge is -2.29. The lowest BCUT2D eigenvalue weighted by atomic mass is 10.1. The molecule has 178 valence electrons. The Hall–Kier alpha value is -3.10. The highest BCUT2D eigenvalue weighted by Crippen LogP contribution is 2.32. The van der Waals surface area contributed by atoms with Gasteiger partial charge in [0.25, 0.3) is 5.91 Å². The van der Waals surface area contributed by atoms with Crippen LogP contribution in [0.4, 0.5) is 5.69 Å². The van der Waals surface area contributed by atoms with Crippen LogP contribution in [0.3, 0.4) is 0 Å². The lowest BCUT2D eigenvalue weighted by Crippen LogP contribution is -2.43. The Labute approximate surface area is 199 Å². The number of H-pyrrole nitrogens is 1. The first kappa shape index (κ1) is 21.4. The maximum absolute atomic E-state index is 13.5. The number of anilines is 1. The van der Waals surface area contributed by atoms with E-state index in [-0.39, 0.29) is 11.7 Å². The van der Waals surface area contributed by atoms with Crippen LogP contribution in [0.25, 0.3) is 10.9 Å². The van der Waals surface area contributed by atoms with Gasteiger partial charge in [-0.3, -0.25) is 14.8 Å². The molecule has 2 aromatic carbocycles. The number of piperazine rings is 1. The van der Waals surface area contributed by atoms with Crippen molar-refractivity contribution in [3.63, 3.8) is 0 Å². The second-order valence-electron chi connectivity index (χ2n) is 9.77. The number of aromatic hydroxyl groups is 1. The summed E-state index contributed by atoms with van der Waals surface area (Å²) in [6.45, 7) is 8.06. The highest BCUT2D eigenvalue weighted by Gasteiger charge is 2.28. The molecular formula is C26H32N6O2. The number of aromatic nitrogens is 2. The topological polar surface area (TPSA) is 87.7 Å². The summed E-state index contributed by atoms with van der Waals surface area (Å²) in [4.78, 5) is 20.1. The minimum absolute atomic E-state index is 0.00290. The summed E-state index contributed by atoms with van der Waals surface area (Å²) in [5.74, 6) is -0.132. The molecule has 8 nitrogen and oxygen atoms in total. The molecule has 6 rings (SSSR count). The first-order valence-electron chi connectivity index (χ1n) is 12.4. The number of nitrogens with one attached hydrogen (secondary N) is 2. The van der Waals surface area contributed by atoms with Crippen molar-refractivity contribution < 1.29 is 9.90 Å². The number of phenolic OH excluding ortho intramolecular Hbond substituents is 1. The van der Waals surface area contributed by atoms with E-state index in [9.17, 15) is 9.90 Å². The zero-order valence-corrected chi connectivity index (χ0v) is 19.5. The monoisotopic (exact) mass is 460 g/mol. The first-order valence-corrected chi connectivity index (χ1v) is 12.4. The third kappa shape index (κ3) is 4.01. The van der Waals surface area contributed by atoms with Gasteiger partial charge in [0, 0.05) is 63.0 Å². The van der Waals surface area contributed by atoms with Gasteiger partial charge in [0.15, 0.2) is 0 Å². The third-order valence-corrected chi connectivity index (χ3v) is 7.49. The van der Waals surface area contributed by atoms with Gasteiger partial charge in [0.1, 0.15) is 5.75 Å². The molecule has 3 aromatic rings. The Morgan fingerprint density at radius 1 is 0.971 bits per heavy atom. The standard InChI is InChI=1S/C26H32N6O2/c33-25-14-23-21(24(29-28-23)17-30-8-2-1-3-9-30)13-22(25)26(34)32-15-18-4-5-20(12-19(18)16-32)31-10-6-27-7-11-31/h4-5,12-14,27,33H,1-3,6-11,15-17H2,(H,28,29). The number of benzene rings is 2. The van der Waals surface area contributed by atoms with Crippen molar-refractivity contribution >= 4 is 22.5 Å². The zero-order chi connectivity index (χ0) is 23.1. The number of hydrogen-bond donors (Lipinski definition) is 3. The SMILES string of the molecule is O=C(c1cc2c(CN3CCCCC3)n[nH]c2cc1O)N1Cc2ccc(N3CCNCC3)cc2C1. The van der Waals surface area contributed by atoms with E-state index in [2.05, 4.69) is 43.5 Å². The predicted molar refractivity (Wildman–Crippen MR) is 132 cm³/mol. The second-order valence-corrected chi connectivity index (χ2v) is 9.77. The summed E-state index contributed by atoms with van der Waals surface area (Å²) < 4.78 is 0. The molecule has 0 unspecified atom stereocenters. The first-order chi connectivity index (χ1) is 16.7. The van der Waals surface area contributed by atoms with Crippen LogP contribution in [0.5, 0.6) is 5.75 Å². The molecule has 4 heterocycles. The van der Waals surface area contributed by atoms with Crippen molar-refractivity contribution in [3.05, 3.63) is 52.7 Å². The highest BCUT2D eigenvalue weighted by atomic mass is 16.3. The molecule has 2 fully saturated rings. The molecule has 34 heavy (non-hydrogen) atoms. The molecule has 0 bridgehead atoms. The number of rotatable bonds is 4. The number of likely N-dealkylation sites (tertiary alicyclic amines) is 1. The summed E-state index contributed by atoms with van der Waals surface area (Å²) >= 11 is 0. The minimum atomic E-state index is -0.135. The smallest absolute Gasteiger partial charge is 0.258 e. The normalized spacial score (nSPS) is 19.1. The summed E-state index contributed by atoms with van der Waals surface area (Å²) in [5, 5.41) is 22.5. The van der Waals surface area contributed by atoms with Crippen molar-refractivity contribution in [1.29, 1.82) is 0 Å². The number of nitrogens with zero attached hydrogens (tertiary/aromatic N) is 4. The van der Waals surface area contributed by atoms with Crippen LogP contribution in [0, 0.1) is 0 Å². The quantitative estimate of drug-likeness (QED) is 0.555. The van der Waals surface area contributed by atoms with Gasteiger partial charge in [0.05, 0.1) is 16.8 Å².